The first-order valence-corrected chi connectivity index (χ1v) is 7.08. The number of hydrogen-bond acceptors (Lipinski definition) is 2. The van der Waals surface area contributed by atoms with Crippen molar-refractivity contribution in [2.24, 2.45) is 5.92 Å². The molecule has 94 valence electrons. The summed E-state index contributed by atoms with van der Waals surface area (Å²) in [5.41, 5.74) is 0.0211. The van der Waals surface area contributed by atoms with E-state index >= 15 is 0 Å². The predicted octanol–water partition coefficient (Wildman–Crippen LogP) is 2.80. The van der Waals surface area contributed by atoms with Crippen molar-refractivity contribution in [2.75, 3.05) is 6.54 Å². The number of piperidine rings is 1. The quantitative estimate of drug-likeness (QED) is 0.781. The number of nitrogens with zero attached hydrogens (tertiary/aromatic N) is 1. The van der Waals surface area contributed by atoms with Gasteiger partial charge in [-0.25, -0.2) is 0 Å². The molecule has 0 aromatic carbocycles. The van der Waals surface area contributed by atoms with Crippen molar-refractivity contribution >= 4 is 0 Å². The second-order valence-electron chi connectivity index (χ2n) is 5.86. The summed E-state index contributed by atoms with van der Waals surface area (Å²) in [6.07, 6.45) is 7.40. The summed E-state index contributed by atoms with van der Waals surface area (Å²) in [5, 5.41) is 10.4. The Balaban J connectivity index is 2.22. The predicted molar refractivity (Wildman–Crippen MR) is 67.4 cm³/mol. The van der Waals surface area contributed by atoms with Gasteiger partial charge in [-0.2, -0.15) is 0 Å². The highest BCUT2D eigenvalue weighted by Gasteiger charge is 2.48. The fraction of sp³-hybridized carbons (Fsp3) is 1.00. The number of likely N-dealkylation sites (N-methyl/N-ethyl adjacent to an activating group) is 1. The smallest absolute Gasteiger partial charge is 0.0724 e. The maximum atomic E-state index is 10.4. The van der Waals surface area contributed by atoms with E-state index in [0.717, 1.165) is 31.3 Å². The molecule has 16 heavy (non-hydrogen) atoms. The van der Waals surface area contributed by atoms with Gasteiger partial charge in [0.1, 0.15) is 0 Å². The van der Waals surface area contributed by atoms with Crippen molar-refractivity contribution in [3.8, 4) is 0 Å². The number of aliphatic hydroxyl groups excluding tert-OH is 1. The maximum absolute atomic E-state index is 10.4. The first-order valence-electron chi connectivity index (χ1n) is 7.08. The topological polar surface area (TPSA) is 23.5 Å². The lowest BCUT2D eigenvalue weighted by Gasteiger charge is -2.56. The van der Waals surface area contributed by atoms with Gasteiger partial charge in [0.25, 0.3) is 0 Å². The molecule has 4 unspecified atom stereocenters. The van der Waals surface area contributed by atoms with Gasteiger partial charge in [-0.1, -0.05) is 26.7 Å². The fourth-order valence-corrected chi connectivity index (χ4v) is 4.02. The zero-order chi connectivity index (χ0) is 11.8. The number of aliphatic hydroxyl groups is 1. The van der Waals surface area contributed by atoms with Crippen molar-refractivity contribution in [1.29, 1.82) is 0 Å². The SMILES string of the molecule is CCN1C2CCCCC2CC(O)C1(C)CC. The zero-order valence-corrected chi connectivity index (χ0v) is 11.1. The number of fused-ring (bicyclic) bond motifs is 1. The molecule has 0 radical (unpaired) electrons. The van der Waals surface area contributed by atoms with Crippen LogP contribution in [0, 0.1) is 5.92 Å². The number of likely N-dealkylation sites (tertiary alicyclic amines) is 1. The molecule has 1 aliphatic heterocycles. The molecule has 0 amide bonds. The maximum Gasteiger partial charge on any atom is 0.0724 e. The Kier molecular flexibility index (Phi) is 3.60. The normalized spacial score (nSPS) is 45.4. The Morgan fingerprint density at radius 3 is 2.56 bits per heavy atom. The highest BCUT2D eigenvalue weighted by molar-refractivity contribution is 5.03. The number of rotatable bonds is 2. The third-order valence-electron chi connectivity index (χ3n) is 5.23. The van der Waals surface area contributed by atoms with Crippen LogP contribution < -0.4 is 0 Å². The summed E-state index contributed by atoms with van der Waals surface area (Å²) < 4.78 is 0. The molecule has 1 heterocycles. The molecule has 0 aromatic heterocycles. The summed E-state index contributed by atoms with van der Waals surface area (Å²) in [5.74, 6) is 0.753. The Bertz CT molecular complexity index is 243. The second kappa shape index (κ2) is 4.66. The zero-order valence-electron chi connectivity index (χ0n) is 11.1. The molecular weight excluding hydrogens is 198 g/mol. The van der Waals surface area contributed by atoms with Crippen LogP contribution in [0.4, 0.5) is 0 Å². The van der Waals surface area contributed by atoms with Gasteiger partial charge in [0, 0.05) is 11.6 Å². The van der Waals surface area contributed by atoms with Crippen molar-refractivity contribution in [3.05, 3.63) is 0 Å². The third kappa shape index (κ3) is 1.80. The van der Waals surface area contributed by atoms with Gasteiger partial charge in [0.05, 0.1) is 6.10 Å². The highest BCUT2D eigenvalue weighted by atomic mass is 16.3. The first kappa shape index (κ1) is 12.4. The molecule has 0 aromatic rings. The van der Waals surface area contributed by atoms with Crippen molar-refractivity contribution in [3.63, 3.8) is 0 Å². The van der Waals surface area contributed by atoms with E-state index in [-0.39, 0.29) is 11.6 Å². The van der Waals surface area contributed by atoms with E-state index in [2.05, 4.69) is 25.7 Å². The van der Waals surface area contributed by atoms with Crippen LogP contribution >= 0.6 is 0 Å². The van der Waals surface area contributed by atoms with Crippen LogP contribution in [0.1, 0.15) is 59.3 Å². The fourth-order valence-electron chi connectivity index (χ4n) is 4.02. The molecule has 1 saturated heterocycles. The van der Waals surface area contributed by atoms with E-state index in [1.807, 2.05) is 0 Å². The lowest BCUT2D eigenvalue weighted by molar-refractivity contribution is -0.117. The summed E-state index contributed by atoms with van der Waals surface area (Å²) >= 11 is 0. The Morgan fingerprint density at radius 2 is 1.94 bits per heavy atom. The molecular formula is C14H27NO. The minimum atomic E-state index is -0.128. The molecule has 1 aliphatic carbocycles. The average molecular weight is 225 g/mol. The van der Waals surface area contributed by atoms with Gasteiger partial charge in [-0.05, 0) is 45.1 Å². The molecule has 2 heteroatoms. The molecule has 2 aliphatic rings. The van der Waals surface area contributed by atoms with Crippen LogP contribution in [-0.2, 0) is 0 Å². The van der Waals surface area contributed by atoms with Crippen LogP contribution in [0.3, 0.4) is 0 Å². The van der Waals surface area contributed by atoms with Crippen molar-refractivity contribution < 1.29 is 5.11 Å². The average Bonchev–Trinajstić information content (AvgIpc) is 2.31. The Morgan fingerprint density at radius 1 is 1.25 bits per heavy atom. The van der Waals surface area contributed by atoms with Gasteiger partial charge in [-0.15, -0.1) is 0 Å². The van der Waals surface area contributed by atoms with Crippen LogP contribution in [-0.4, -0.2) is 34.2 Å². The van der Waals surface area contributed by atoms with Crippen LogP contribution in [0.2, 0.25) is 0 Å². The molecule has 0 bridgehead atoms. The van der Waals surface area contributed by atoms with Gasteiger partial charge >= 0.3 is 0 Å². The molecule has 0 spiro atoms. The molecule has 1 N–H and O–H groups in total. The van der Waals surface area contributed by atoms with Crippen molar-refractivity contribution in [2.45, 2.75) is 77.0 Å². The largest absolute Gasteiger partial charge is 0.391 e. The van der Waals surface area contributed by atoms with Crippen molar-refractivity contribution in [1.82, 2.24) is 4.90 Å². The molecule has 2 fully saturated rings. The minimum Gasteiger partial charge on any atom is -0.391 e. The van der Waals surface area contributed by atoms with E-state index in [4.69, 9.17) is 0 Å². The molecule has 1 saturated carbocycles. The molecule has 4 atom stereocenters. The van der Waals surface area contributed by atoms with Gasteiger partial charge in [0.2, 0.25) is 0 Å². The van der Waals surface area contributed by atoms with Crippen LogP contribution in [0.15, 0.2) is 0 Å². The summed E-state index contributed by atoms with van der Waals surface area (Å²) in [7, 11) is 0. The Labute approximate surface area is 100 Å². The highest BCUT2D eigenvalue weighted by Crippen LogP contribution is 2.43. The van der Waals surface area contributed by atoms with Crippen LogP contribution in [0.5, 0.6) is 0 Å². The first-order chi connectivity index (χ1) is 7.63. The van der Waals surface area contributed by atoms with E-state index in [0.29, 0.717) is 0 Å². The van der Waals surface area contributed by atoms with Gasteiger partial charge in [-0.3, -0.25) is 4.90 Å². The lowest BCUT2D eigenvalue weighted by Crippen LogP contribution is -2.64. The minimum absolute atomic E-state index is 0.0211. The number of hydrogen-bond donors (Lipinski definition) is 1. The van der Waals surface area contributed by atoms with Gasteiger partial charge in [0.15, 0.2) is 0 Å². The van der Waals surface area contributed by atoms with E-state index in [1.54, 1.807) is 0 Å². The molecule has 2 nitrogen and oxygen atoms in total. The Hall–Kier alpha value is -0.0800. The van der Waals surface area contributed by atoms with Gasteiger partial charge < -0.3 is 5.11 Å². The summed E-state index contributed by atoms with van der Waals surface area (Å²) in [6, 6.07) is 0.743. The third-order valence-corrected chi connectivity index (χ3v) is 5.23. The summed E-state index contributed by atoms with van der Waals surface area (Å²) in [6.45, 7) is 7.81. The lowest BCUT2D eigenvalue weighted by atomic mass is 9.70. The van der Waals surface area contributed by atoms with E-state index in [9.17, 15) is 5.11 Å². The second-order valence-corrected chi connectivity index (χ2v) is 5.86. The van der Waals surface area contributed by atoms with E-state index in [1.165, 1.54) is 25.7 Å². The molecule has 2 rings (SSSR count). The van der Waals surface area contributed by atoms with Crippen LogP contribution in [0.25, 0.3) is 0 Å². The summed E-state index contributed by atoms with van der Waals surface area (Å²) in [4.78, 5) is 2.60. The monoisotopic (exact) mass is 225 g/mol. The standard InChI is InChI=1S/C14H27NO/c1-4-14(3)13(16)10-11-8-6-7-9-12(11)15(14)5-2/h11-13,16H,4-10H2,1-3H3. The van der Waals surface area contributed by atoms with E-state index < -0.39 is 0 Å².